The van der Waals surface area contributed by atoms with Crippen LogP contribution in [0.3, 0.4) is 0 Å². The van der Waals surface area contributed by atoms with Crippen LogP contribution in [-0.2, 0) is 11.2 Å². The van der Waals surface area contributed by atoms with Crippen molar-refractivity contribution in [3.05, 3.63) is 30.4 Å². The zero-order valence-corrected chi connectivity index (χ0v) is 11.2. The molecule has 104 valence electrons. The lowest BCUT2D eigenvalue weighted by Crippen LogP contribution is -2.15. The fourth-order valence-electron chi connectivity index (χ4n) is 2.24. The summed E-state index contributed by atoms with van der Waals surface area (Å²) in [7, 11) is 0. The van der Waals surface area contributed by atoms with Crippen molar-refractivity contribution in [2.75, 3.05) is 0 Å². The van der Waals surface area contributed by atoms with Crippen LogP contribution in [0.2, 0.25) is 0 Å². The van der Waals surface area contributed by atoms with Crippen LogP contribution in [0.5, 0.6) is 0 Å². The van der Waals surface area contributed by atoms with Crippen LogP contribution in [0, 0.1) is 5.92 Å². The zero-order valence-electron chi connectivity index (χ0n) is 11.2. The predicted octanol–water partition coefficient (Wildman–Crippen LogP) is 1.94. The van der Waals surface area contributed by atoms with Crippen molar-refractivity contribution in [1.82, 2.24) is 19.7 Å². The first-order valence-electron chi connectivity index (χ1n) is 6.74. The minimum Gasteiger partial charge on any atom is -0.481 e. The van der Waals surface area contributed by atoms with E-state index in [4.69, 9.17) is 5.11 Å². The highest BCUT2D eigenvalue weighted by Crippen LogP contribution is 2.39. The van der Waals surface area contributed by atoms with E-state index < -0.39 is 11.9 Å². The molecule has 0 aromatic carbocycles. The Morgan fingerprint density at radius 2 is 2.10 bits per heavy atom. The van der Waals surface area contributed by atoms with Gasteiger partial charge in [-0.1, -0.05) is 6.92 Å². The highest BCUT2D eigenvalue weighted by Gasteiger charge is 2.30. The zero-order chi connectivity index (χ0) is 14.1. The second kappa shape index (κ2) is 5.03. The molecule has 2 heterocycles. The Morgan fingerprint density at radius 1 is 1.40 bits per heavy atom. The Morgan fingerprint density at radius 3 is 2.70 bits per heavy atom. The second-order valence-corrected chi connectivity index (χ2v) is 5.22. The van der Waals surface area contributed by atoms with Gasteiger partial charge in [0.15, 0.2) is 5.82 Å². The Hall–Kier alpha value is -2.24. The van der Waals surface area contributed by atoms with Crippen molar-refractivity contribution < 1.29 is 9.90 Å². The average Bonchev–Trinajstić information content (AvgIpc) is 3.21. The second-order valence-electron chi connectivity index (χ2n) is 5.22. The van der Waals surface area contributed by atoms with E-state index in [1.54, 1.807) is 19.3 Å². The van der Waals surface area contributed by atoms with E-state index in [9.17, 15) is 4.79 Å². The van der Waals surface area contributed by atoms with Gasteiger partial charge in [-0.3, -0.25) is 9.78 Å². The standard InChI is InChI=1S/C14H16N4O2/c1-9(14(19)20)8-12-16-17-13(18(12)11-2-3-11)10-4-6-15-7-5-10/h4-7,9,11H,2-3,8H2,1H3,(H,19,20). The van der Waals surface area contributed by atoms with E-state index in [-0.39, 0.29) is 0 Å². The van der Waals surface area contributed by atoms with Gasteiger partial charge in [-0.15, -0.1) is 10.2 Å². The molecule has 6 heteroatoms. The molecule has 0 bridgehead atoms. The number of nitrogens with zero attached hydrogens (tertiary/aromatic N) is 4. The summed E-state index contributed by atoms with van der Waals surface area (Å²) in [6.45, 7) is 1.69. The number of pyridine rings is 1. The topological polar surface area (TPSA) is 80.9 Å². The Balaban J connectivity index is 1.96. The van der Waals surface area contributed by atoms with Gasteiger partial charge < -0.3 is 9.67 Å². The first kappa shape index (κ1) is 12.8. The van der Waals surface area contributed by atoms with Crippen LogP contribution in [0.4, 0.5) is 0 Å². The normalized spacial score (nSPS) is 16.1. The first-order valence-corrected chi connectivity index (χ1v) is 6.74. The maximum atomic E-state index is 11.0. The third-order valence-electron chi connectivity index (χ3n) is 3.53. The predicted molar refractivity (Wildman–Crippen MR) is 72.0 cm³/mol. The maximum Gasteiger partial charge on any atom is 0.306 e. The molecule has 20 heavy (non-hydrogen) atoms. The maximum absolute atomic E-state index is 11.0. The van der Waals surface area contributed by atoms with Crippen molar-refractivity contribution in [2.45, 2.75) is 32.2 Å². The molecule has 0 radical (unpaired) electrons. The molecule has 1 fully saturated rings. The van der Waals surface area contributed by atoms with Crippen LogP contribution in [0.1, 0.15) is 31.6 Å². The Kier molecular flexibility index (Phi) is 3.22. The molecular weight excluding hydrogens is 256 g/mol. The Labute approximate surface area is 116 Å². The van der Waals surface area contributed by atoms with Gasteiger partial charge in [0.25, 0.3) is 0 Å². The highest BCUT2D eigenvalue weighted by molar-refractivity contribution is 5.69. The van der Waals surface area contributed by atoms with E-state index in [2.05, 4.69) is 19.7 Å². The number of carboxylic acids is 1. The van der Waals surface area contributed by atoms with Crippen LogP contribution in [-0.4, -0.2) is 30.8 Å². The summed E-state index contributed by atoms with van der Waals surface area (Å²) in [6.07, 6.45) is 6.06. The van der Waals surface area contributed by atoms with E-state index in [1.807, 2.05) is 12.1 Å². The summed E-state index contributed by atoms with van der Waals surface area (Å²) in [5, 5.41) is 17.5. The lowest BCUT2D eigenvalue weighted by atomic mass is 10.1. The number of hydrogen-bond acceptors (Lipinski definition) is 4. The third kappa shape index (κ3) is 2.41. The van der Waals surface area contributed by atoms with Gasteiger partial charge in [0.05, 0.1) is 5.92 Å². The van der Waals surface area contributed by atoms with Gasteiger partial charge in [0.2, 0.25) is 0 Å². The molecule has 1 saturated carbocycles. The molecule has 1 aliphatic rings. The molecule has 1 aliphatic carbocycles. The summed E-state index contributed by atoms with van der Waals surface area (Å²) in [5.41, 5.74) is 0.966. The van der Waals surface area contributed by atoms with Crippen LogP contribution >= 0.6 is 0 Å². The molecule has 1 unspecified atom stereocenters. The SMILES string of the molecule is CC(Cc1nnc(-c2ccncc2)n1C1CC1)C(=O)O. The van der Waals surface area contributed by atoms with Crippen LogP contribution in [0.25, 0.3) is 11.4 Å². The largest absolute Gasteiger partial charge is 0.481 e. The smallest absolute Gasteiger partial charge is 0.306 e. The molecule has 2 aromatic rings. The van der Waals surface area contributed by atoms with Crippen LogP contribution in [0.15, 0.2) is 24.5 Å². The minimum absolute atomic E-state index is 0.407. The van der Waals surface area contributed by atoms with Crippen LogP contribution < -0.4 is 0 Å². The number of rotatable bonds is 5. The van der Waals surface area contributed by atoms with Gasteiger partial charge in [-0.05, 0) is 25.0 Å². The molecular formula is C14H16N4O2. The summed E-state index contributed by atoms with van der Waals surface area (Å²) in [6, 6.07) is 4.20. The summed E-state index contributed by atoms with van der Waals surface area (Å²) >= 11 is 0. The Bertz CT molecular complexity index is 619. The molecule has 2 aromatic heterocycles. The van der Waals surface area contributed by atoms with Gasteiger partial charge in [-0.25, -0.2) is 0 Å². The van der Waals surface area contributed by atoms with Crippen molar-refractivity contribution >= 4 is 5.97 Å². The molecule has 0 amide bonds. The van der Waals surface area contributed by atoms with Gasteiger partial charge in [0, 0.05) is 30.4 Å². The van der Waals surface area contributed by atoms with Crippen molar-refractivity contribution in [3.8, 4) is 11.4 Å². The lowest BCUT2D eigenvalue weighted by molar-refractivity contribution is -0.141. The van der Waals surface area contributed by atoms with E-state index in [1.165, 1.54) is 0 Å². The number of carbonyl (C=O) groups is 1. The molecule has 6 nitrogen and oxygen atoms in total. The van der Waals surface area contributed by atoms with E-state index in [0.717, 1.165) is 30.1 Å². The van der Waals surface area contributed by atoms with E-state index >= 15 is 0 Å². The molecule has 1 atom stereocenters. The summed E-state index contributed by atoms with van der Waals surface area (Å²) < 4.78 is 2.09. The number of aromatic nitrogens is 4. The van der Waals surface area contributed by atoms with E-state index in [0.29, 0.717) is 12.5 Å². The fraction of sp³-hybridized carbons (Fsp3) is 0.429. The molecule has 0 aliphatic heterocycles. The fourth-order valence-corrected chi connectivity index (χ4v) is 2.24. The summed E-state index contributed by atoms with van der Waals surface area (Å²) in [4.78, 5) is 15.0. The van der Waals surface area contributed by atoms with Gasteiger partial charge in [-0.2, -0.15) is 0 Å². The average molecular weight is 272 g/mol. The van der Waals surface area contributed by atoms with Gasteiger partial charge >= 0.3 is 5.97 Å². The molecule has 3 rings (SSSR count). The minimum atomic E-state index is -0.805. The first-order chi connectivity index (χ1) is 9.66. The molecule has 1 N–H and O–H groups in total. The number of carboxylic acid groups (broad SMARTS) is 1. The quantitative estimate of drug-likeness (QED) is 0.899. The number of hydrogen-bond donors (Lipinski definition) is 1. The third-order valence-corrected chi connectivity index (χ3v) is 3.53. The number of aliphatic carboxylic acids is 1. The monoisotopic (exact) mass is 272 g/mol. The molecule has 0 saturated heterocycles. The molecule has 0 spiro atoms. The van der Waals surface area contributed by atoms with Crippen molar-refractivity contribution in [3.63, 3.8) is 0 Å². The summed E-state index contributed by atoms with van der Waals surface area (Å²) in [5.74, 6) is 0.305. The highest BCUT2D eigenvalue weighted by atomic mass is 16.4. The van der Waals surface area contributed by atoms with Crippen molar-refractivity contribution in [2.24, 2.45) is 5.92 Å². The lowest BCUT2D eigenvalue weighted by Gasteiger charge is -2.10. The van der Waals surface area contributed by atoms with Crippen molar-refractivity contribution in [1.29, 1.82) is 0 Å². The van der Waals surface area contributed by atoms with Gasteiger partial charge in [0.1, 0.15) is 5.82 Å².